The van der Waals surface area contributed by atoms with E-state index < -0.39 is 17.7 Å². The summed E-state index contributed by atoms with van der Waals surface area (Å²) in [7, 11) is 0. The van der Waals surface area contributed by atoms with Crippen LogP contribution in [0.5, 0.6) is 0 Å². The number of hydrogen-bond donors (Lipinski definition) is 2. The van der Waals surface area contributed by atoms with Crippen molar-refractivity contribution >= 4 is 5.91 Å². The lowest BCUT2D eigenvalue weighted by atomic mass is 10.1. The van der Waals surface area contributed by atoms with Gasteiger partial charge in [0.05, 0.1) is 12.7 Å². The molecule has 3 rings (SSSR count). The van der Waals surface area contributed by atoms with Gasteiger partial charge in [0.2, 0.25) is 5.91 Å². The van der Waals surface area contributed by atoms with E-state index in [4.69, 9.17) is 4.74 Å². The van der Waals surface area contributed by atoms with Gasteiger partial charge in [0.25, 0.3) is 0 Å². The van der Waals surface area contributed by atoms with E-state index >= 15 is 0 Å². The van der Waals surface area contributed by atoms with E-state index in [1.807, 2.05) is 0 Å². The summed E-state index contributed by atoms with van der Waals surface area (Å²) < 4.78 is 32.2. The number of benzene rings is 1. The Morgan fingerprint density at radius 3 is 2.91 bits per heavy atom. The molecule has 6 heteroatoms. The van der Waals surface area contributed by atoms with Crippen molar-refractivity contribution in [1.29, 1.82) is 0 Å². The molecule has 2 saturated carbocycles. The number of rotatable bonds is 8. The maximum atomic E-state index is 13.7. The average Bonchev–Trinajstić information content (AvgIpc) is 3.41. The van der Waals surface area contributed by atoms with Gasteiger partial charge in [0, 0.05) is 19.1 Å². The van der Waals surface area contributed by atoms with Gasteiger partial charge in [-0.3, -0.25) is 4.79 Å². The predicted octanol–water partition coefficient (Wildman–Crippen LogP) is 1.97. The summed E-state index contributed by atoms with van der Waals surface area (Å²) in [6, 6.07) is 3.29. The molecule has 3 atom stereocenters. The van der Waals surface area contributed by atoms with Crippen LogP contribution in [0.2, 0.25) is 0 Å². The van der Waals surface area contributed by atoms with Crippen molar-refractivity contribution in [2.24, 2.45) is 11.8 Å². The number of aliphatic hydroxyl groups is 1. The molecule has 2 fully saturated rings. The Morgan fingerprint density at radius 2 is 2.17 bits per heavy atom. The molecule has 2 N–H and O–H groups in total. The first-order valence-electron chi connectivity index (χ1n) is 8.03. The Bertz CT molecular complexity index is 577. The van der Waals surface area contributed by atoms with Crippen LogP contribution in [0.15, 0.2) is 18.2 Å². The number of nitrogens with one attached hydrogen (secondary N) is 1. The van der Waals surface area contributed by atoms with Crippen LogP contribution in [0.25, 0.3) is 0 Å². The van der Waals surface area contributed by atoms with Crippen molar-refractivity contribution in [1.82, 2.24) is 5.32 Å². The van der Waals surface area contributed by atoms with Gasteiger partial charge < -0.3 is 15.2 Å². The molecule has 0 aliphatic heterocycles. The third-order valence-corrected chi connectivity index (χ3v) is 4.36. The standard InChI is InChI=1S/C17H21F2NO3/c18-11-3-4-16(19)14(5-11)13-6-15(13)17(22)20-7-12(21)9-23-8-10-1-2-10/h3-5,10,12-13,15,21H,1-2,6-9H2,(H,20,22). The fourth-order valence-corrected chi connectivity index (χ4v) is 2.69. The van der Waals surface area contributed by atoms with Gasteiger partial charge in [0.15, 0.2) is 0 Å². The van der Waals surface area contributed by atoms with E-state index in [1.54, 1.807) is 0 Å². The number of carbonyl (C=O) groups is 1. The van der Waals surface area contributed by atoms with E-state index in [2.05, 4.69) is 5.32 Å². The Balaban J connectivity index is 1.40. The molecule has 126 valence electrons. The zero-order chi connectivity index (χ0) is 16.4. The highest BCUT2D eigenvalue weighted by molar-refractivity contribution is 5.82. The molecule has 1 amide bonds. The summed E-state index contributed by atoms with van der Waals surface area (Å²) in [5, 5.41) is 12.4. The number of halogens is 2. The van der Waals surface area contributed by atoms with Crippen molar-refractivity contribution in [2.45, 2.75) is 31.3 Å². The van der Waals surface area contributed by atoms with Gasteiger partial charge in [-0.2, -0.15) is 0 Å². The van der Waals surface area contributed by atoms with Gasteiger partial charge in [-0.05, 0) is 54.9 Å². The predicted molar refractivity (Wildman–Crippen MR) is 79.8 cm³/mol. The Kier molecular flexibility index (Phi) is 4.92. The second kappa shape index (κ2) is 6.93. The van der Waals surface area contributed by atoms with Crippen LogP contribution >= 0.6 is 0 Å². The van der Waals surface area contributed by atoms with E-state index in [1.165, 1.54) is 12.8 Å². The van der Waals surface area contributed by atoms with Crippen molar-refractivity contribution < 1.29 is 23.4 Å². The molecule has 0 spiro atoms. The smallest absolute Gasteiger partial charge is 0.223 e. The van der Waals surface area contributed by atoms with Gasteiger partial charge in [-0.15, -0.1) is 0 Å². The number of amides is 1. The van der Waals surface area contributed by atoms with Crippen molar-refractivity contribution in [3.63, 3.8) is 0 Å². The largest absolute Gasteiger partial charge is 0.389 e. The highest BCUT2D eigenvalue weighted by atomic mass is 19.1. The highest BCUT2D eigenvalue weighted by Crippen LogP contribution is 2.48. The maximum Gasteiger partial charge on any atom is 0.223 e. The van der Waals surface area contributed by atoms with Crippen LogP contribution in [0.3, 0.4) is 0 Å². The van der Waals surface area contributed by atoms with Gasteiger partial charge in [-0.25, -0.2) is 8.78 Å². The summed E-state index contributed by atoms with van der Waals surface area (Å²) in [5.74, 6) is -1.24. The lowest BCUT2D eigenvalue weighted by Crippen LogP contribution is -2.35. The molecule has 4 nitrogen and oxygen atoms in total. The van der Waals surface area contributed by atoms with Crippen molar-refractivity contribution in [3.05, 3.63) is 35.4 Å². The molecule has 23 heavy (non-hydrogen) atoms. The van der Waals surface area contributed by atoms with Crippen LogP contribution in [0.4, 0.5) is 8.78 Å². The first-order valence-corrected chi connectivity index (χ1v) is 8.03. The fraction of sp³-hybridized carbons (Fsp3) is 0.588. The third-order valence-electron chi connectivity index (χ3n) is 4.36. The SMILES string of the molecule is O=C(NCC(O)COCC1CC1)C1CC1c1cc(F)ccc1F. The lowest BCUT2D eigenvalue weighted by Gasteiger charge is -2.12. The van der Waals surface area contributed by atoms with E-state index in [0.29, 0.717) is 18.9 Å². The quantitative estimate of drug-likeness (QED) is 0.768. The third kappa shape index (κ3) is 4.48. The highest BCUT2D eigenvalue weighted by Gasteiger charge is 2.45. The number of aliphatic hydroxyl groups excluding tert-OH is 1. The number of hydrogen-bond acceptors (Lipinski definition) is 3. The molecule has 2 aliphatic carbocycles. The topological polar surface area (TPSA) is 58.6 Å². The summed E-state index contributed by atoms with van der Waals surface area (Å²) in [4.78, 5) is 12.0. The minimum atomic E-state index is -0.749. The van der Waals surface area contributed by atoms with Crippen molar-refractivity contribution in [2.75, 3.05) is 19.8 Å². The lowest BCUT2D eigenvalue weighted by molar-refractivity contribution is -0.123. The van der Waals surface area contributed by atoms with Crippen LogP contribution in [-0.2, 0) is 9.53 Å². The molecule has 2 aliphatic rings. The average molecular weight is 325 g/mol. The number of carbonyl (C=O) groups excluding carboxylic acids is 1. The Hall–Kier alpha value is -1.53. The first-order chi connectivity index (χ1) is 11.0. The zero-order valence-electron chi connectivity index (χ0n) is 12.8. The summed E-state index contributed by atoms with van der Waals surface area (Å²) in [5.41, 5.74) is 0.249. The molecule has 1 aromatic carbocycles. The fourth-order valence-electron chi connectivity index (χ4n) is 2.69. The van der Waals surface area contributed by atoms with E-state index in [0.717, 1.165) is 18.2 Å². The van der Waals surface area contributed by atoms with Crippen molar-refractivity contribution in [3.8, 4) is 0 Å². The molecule has 0 heterocycles. The Labute approximate surface area is 133 Å². The molecule has 0 saturated heterocycles. The molecule has 3 unspecified atom stereocenters. The molecular formula is C17H21F2NO3. The zero-order valence-corrected chi connectivity index (χ0v) is 12.8. The minimum Gasteiger partial charge on any atom is -0.389 e. The van der Waals surface area contributed by atoms with E-state index in [9.17, 15) is 18.7 Å². The molecule has 0 aromatic heterocycles. The van der Waals surface area contributed by atoms with Gasteiger partial charge >= 0.3 is 0 Å². The summed E-state index contributed by atoms with van der Waals surface area (Å²) >= 11 is 0. The molecular weight excluding hydrogens is 304 g/mol. The second-order valence-corrected chi connectivity index (χ2v) is 6.49. The molecule has 0 radical (unpaired) electrons. The van der Waals surface area contributed by atoms with Crippen LogP contribution in [0.1, 0.15) is 30.7 Å². The summed E-state index contributed by atoms with van der Waals surface area (Å²) in [6.07, 6.45) is 2.13. The second-order valence-electron chi connectivity index (χ2n) is 6.49. The van der Waals surface area contributed by atoms with Gasteiger partial charge in [0.1, 0.15) is 11.6 Å². The number of ether oxygens (including phenoxy) is 1. The van der Waals surface area contributed by atoms with E-state index in [-0.39, 0.29) is 36.5 Å². The summed E-state index contributed by atoms with van der Waals surface area (Å²) in [6.45, 7) is 0.969. The van der Waals surface area contributed by atoms with Crippen LogP contribution in [-0.4, -0.2) is 36.9 Å². The maximum absolute atomic E-state index is 13.7. The molecule has 1 aromatic rings. The Morgan fingerprint density at radius 1 is 1.39 bits per heavy atom. The van der Waals surface area contributed by atoms with Crippen LogP contribution in [0, 0.1) is 23.5 Å². The molecule has 0 bridgehead atoms. The minimum absolute atomic E-state index is 0.109. The van der Waals surface area contributed by atoms with Gasteiger partial charge in [-0.1, -0.05) is 0 Å². The van der Waals surface area contributed by atoms with Crippen LogP contribution < -0.4 is 5.32 Å². The normalized spacial score (nSPS) is 24.3. The monoisotopic (exact) mass is 325 g/mol. The first kappa shape index (κ1) is 16.3.